The van der Waals surface area contributed by atoms with E-state index in [1.807, 2.05) is 40.1 Å². The Hall–Kier alpha value is -1.55. The van der Waals surface area contributed by atoms with Crippen molar-refractivity contribution < 1.29 is 0 Å². The summed E-state index contributed by atoms with van der Waals surface area (Å²) < 4.78 is 0. The largest absolute Gasteiger partial charge is 0.369 e. The van der Waals surface area contributed by atoms with E-state index in [9.17, 15) is 0 Å². The molecule has 4 nitrogen and oxygen atoms in total. The number of hydrogen-bond donors (Lipinski definition) is 1. The molecule has 23 heavy (non-hydrogen) atoms. The Morgan fingerprint density at radius 1 is 1.09 bits per heavy atom. The monoisotopic (exact) mass is 316 g/mol. The van der Waals surface area contributed by atoms with Gasteiger partial charge in [0.1, 0.15) is 5.65 Å². The highest BCUT2D eigenvalue weighted by atomic mass is 15.3. The number of pyridine rings is 1. The SMILES string of the molecule is CC.CC.CN1CCC[C@@]12CCN(c1ccnc3[nH]ccc13)C2. The molecule has 0 amide bonds. The van der Waals surface area contributed by atoms with Gasteiger partial charge < -0.3 is 9.88 Å². The number of anilines is 1. The Bertz CT molecular complexity index is 606. The van der Waals surface area contributed by atoms with Crippen molar-refractivity contribution in [3.8, 4) is 0 Å². The van der Waals surface area contributed by atoms with E-state index in [1.54, 1.807) is 0 Å². The van der Waals surface area contributed by atoms with E-state index in [0.29, 0.717) is 5.54 Å². The molecule has 0 aliphatic carbocycles. The third-order valence-corrected chi connectivity index (χ3v) is 5.06. The van der Waals surface area contributed by atoms with Gasteiger partial charge in [0.2, 0.25) is 0 Å². The predicted octanol–water partition coefficient (Wildman–Crippen LogP) is 4.29. The minimum absolute atomic E-state index is 0.423. The first-order chi connectivity index (χ1) is 11.3. The summed E-state index contributed by atoms with van der Waals surface area (Å²) in [6.07, 6.45) is 7.88. The van der Waals surface area contributed by atoms with Crippen molar-refractivity contribution in [2.45, 2.75) is 52.5 Å². The Kier molecular flexibility index (Phi) is 6.05. The molecular weight excluding hydrogens is 284 g/mol. The van der Waals surface area contributed by atoms with Gasteiger partial charge in [0, 0.05) is 42.1 Å². The van der Waals surface area contributed by atoms with E-state index >= 15 is 0 Å². The van der Waals surface area contributed by atoms with Gasteiger partial charge in [-0.2, -0.15) is 0 Å². The maximum Gasteiger partial charge on any atom is 0.139 e. The van der Waals surface area contributed by atoms with Crippen LogP contribution >= 0.6 is 0 Å². The van der Waals surface area contributed by atoms with Crippen molar-refractivity contribution in [1.29, 1.82) is 0 Å². The highest BCUT2D eigenvalue weighted by molar-refractivity contribution is 5.89. The number of fused-ring (bicyclic) bond motifs is 1. The van der Waals surface area contributed by atoms with Crippen molar-refractivity contribution in [1.82, 2.24) is 14.9 Å². The molecule has 4 heterocycles. The molecule has 2 aromatic heterocycles. The summed E-state index contributed by atoms with van der Waals surface area (Å²) in [4.78, 5) is 12.7. The van der Waals surface area contributed by atoms with Gasteiger partial charge in [-0.05, 0) is 45.0 Å². The van der Waals surface area contributed by atoms with Crippen molar-refractivity contribution in [2.24, 2.45) is 0 Å². The second-order valence-corrected chi connectivity index (χ2v) is 5.99. The maximum atomic E-state index is 4.38. The van der Waals surface area contributed by atoms with Gasteiger partial charge in [0.15, 0.2) is 0 Å². The summed E-state index contributed by atoms with van der Waals surface area (Å²) in [5.41, 5.74) is 2.76. The van der Waals surface area contributed by atoms with E-state index in [4.69, 9.17) is 0 Å². The molecule has 128 valence electrons. The average Bonchev–Trinajstić information content (AvgIpc) is 3.33. The van der Waals surface area contributed by atoms with E-state index < -0.39 is 0 Å². The Morgan fingerprint density at radius 3 is 2.57 bits per heavy atom. The molecule has 1 N–H and O–H groups in total. The van der Waals surface area contributed by atoms with Crippen LogP contribution in [0.1, 0.15) is 47.0 Å². The number of nitrogens with one attached hydrogen (secondary N) is 1. The quantitative estimate of drug-likeness (QED) is 0.852. The molecule has 2 aliphatic rings. The molecule has 2 aliphatic heterocycles. The summed E-state index contributed by atoms with van der Waals surface area (Å²) in [5, 5.41) is 1.25. The molecule has 0 bridgehead atoms. The number of aromatic amines is 1. The van der Waals surface area contributed by atoms with Crippen molar-refractivity contribution in [2.75, 3.05) is 31.6 Å². The van der Waals surface area contributed by atoms with Crippen LogP contribution in [-0.2, 0) is 0 Å². The number of rotatable bonds is 1. The lowest BCUT2D eigenvalue weighted by Gasteiger charge is -2.32. The van der Waals surface area contributed by atoms with Crippen molar-refractivity contribution in [3.63, 3.8) is 0 Å². The number of hydrogen-bond acceptors (Lipinski definition) is 3. The number of nitrogens with zero attached hydrogens (tertiary/aromatic N) is 3. The first-order valence-electron chi connectivity index (χ1n) is 9.17. The van der Waals surface area contributed by atoms with Crippen LogP contribution in [0.2, 0.25) is 0 Å². The Balaban J connectivity index is 0.000000448. The molecule has 0 saturated carbocycles. The van der Waals surface area contributed by atoms with Gasteiger partial charge >= 0.3 is 0 Å². The molecule has 2 fully saturated rings. The summed E-state index contributed by atoms with van der Waals surface area (Å²) in [5.74, 6) is 0. The van der Waals surface area contributed by atoms with Crippen LogP contribution < -0.4 is 4.90 Å². The fourth-order valence-corrected chi connectivity index (χ4v) is 3.87. The van der Waals surface area contributed by atoms with Crippen LogP contribution in [0, 0.1) is 0 Å². The van der Waals surface area contributed by atoms with Crippen LogP contribution in [0.4, 0.5) is 5.69 Å². The third kappa shape index (κ3) is 3.23. The second-order valence-electron chi connectivity index (χ2n) is 5.99. The van der Waals surface area contributed by atoms with E-state index in [1.165, 1.54) is 36.9 Å². The lowest BCUT2D eigenvalue weighted by Crippen LogP contribution is -2.43. The van der Waals surface area contributed by atoms with Gasteiger partial charge in [-0.15, -0.1) is 0 Å². The highest BCUT2D eigenvalue weighted by Gasteiger charge is 2.44. The van der Waals surface area contributed by atoms with Crippen LogP contribution in [-0.4, -0.2) is 47.1 Å². The van der Waals surface area contributed by atoms with Gasteiger partial charge in [-0.1, -0.05) is 27.7 Å². The number of likely N-dealkylation sites (tertiary alicyclic amines) is 1. The Morgan fingerprint density at radius 2 is 1.87 bits per heavy atom. The molecule has 2 aromatic rings. The van der Waals surface area contributed by atoms with Gasteiger partial charge in [0.05, 0.1) is 0 Å². The van der Waals surface area contributed by atoms with Crippen LogP contribution in [0.25, 0.3) is 11.0 Å². The van der Waals surface area contributed by atoms with E-state index in [2.05, 4.69) is 38.9 Å². The third-order valence-electron chi connectivity index (χ3n) is 5.06. The second kappa shape index (κ2) is 7.82. The van der Waals surface area contributed by atoms with Crippen LogP contribution in [0.15, 0.2) is 24.5 Å². The van der Waals surface area contributed by atoms with Crippen molar-refractivity contribution in [3.05, 3.63) is 24.5 Å². The zero-order valence-electron chi connectivity index (χ0n) is 15.4. The van der Waals surface area contributed by atoms with E-state index in [-0.39, 0.29) is 0 Å². The molecule has 2 saturated heterocycles. The Labute approximate surface area is 140 Å². The van der Waals surface area contributed by atoms with Crippen molar-refractivity contribution >= 4 is 16.7 Å². The first kappa shape index (κ1) is 17.8. The van der Waals surface area contributed by atoms with Gasteiger partial charge in [-0.3, -0.25) is 4.90 Å². The summed E-state index contributed by atoms with van der Waals surface area (Å²) in [6.45, 7) is 11.6. The first-order valence-corrected chi connectivity index (χ1v) is 9.17. The number of aromatic nitrogens is 2. The lowest BCUT2D eigenvalue weighted by molar-refractivity contribution is 0.198. The molecule has 4 heteroatoms. The summed E-state index contributed by atoms with van der Waals surface area (Å²) >= 11 is 0. The zero-order chi connectivity index (χ0) is 16.9. The minimum Gasteiger partial charge on any atom is -0.369 e. The fraction of sp³-hybridized carbons (Fsp3) is 0.632. The average molecular weight is 316 g/mol. The molecule has 4 rings (SSSR count). The molecule has 0 aromatic carbocycles. The summed E-state index contributed by atoms with van der Waals surface area (Å²) in [7, 11) is 2.29. The zero-order valence-corrected chi connectivity index (χ0v) is 15.4. The maximum absolute atomic E-state index is 4.38. The van der Waals surface area contributed by atoms with Crippen LogP contribution in [0.5, 0.6) is 0 Å². The predicted molar refractivity (Wildman–Crippen MR) is 100 cm³/mol. The fourth-order valence-electron chi connectivity index (χ4n) is 3.87. The highest BCUT2D eigenvalue weighted by Crippen LogP contribution is 2.39. The number of H-pyrrole nitrogens is 1. The van der Waals surface area contributed by atoms with Gasteiger partial charge in [0.25, 0.3) is 0 Å². The summed E-state index contributed by atoms with van der Waals surface area (Å²) in [6, 6.07) is 4.30. The number of likely N-dealkylation sites (N-methyl/N-ethyl adjacent to an activating group) is 1. The molecule has 1 atom stereocenters. The standard InChI is InChI=1S/C15H20N4.2C2H6/c1-18-9-2-5-15(18)6-10-19(11-15)13-4-8-17-14-12(13)3-7-16-14;2*1-2/h3-4,7-8H,2,5-6,9-11H2,1H3,(H,16,17);2*1-2H3/t15-;;/m0../s1. The minimum atomic E-state index is 0.423. The molecule has 0 radical (unpaired) electrons. The van der Waals surface area contributed by atoms with Crippen LogP contribution in [0.3, 0.4) is 0 Å². The molecule has 1 spiro atoms. The van der Waals surface area contributed by atoms with E-state index in [0.717, 1.165) is 18.7 Å². The molecular formula is C19H32N4. The smallest absolute Gasteiger partial charge is 0.139 e. The van der Waals surface area contributed by atoms with Gasteiger partial charge in [-0.25, -0.2) is 4.98 Å². The lowest BCUT2D eigenvalue weighted by atomic mass is 9.96. The molecule has 0 unspecified atom stereocenters. The normalized spacial score (nSPS) is 23.6. The topological polar surface area (TPSA) is 35.2 Å².